The zero-order chi connectivity index (χ0) is 22.4. The molecule has 0 bridgehead atoms. The van der Waals surface area contributed by atoms with Crippen molar-refractivity contribution in [2.45, 2.75) is 52.9 Å². The van der Waals surface area contributed by atoms with Crippen LogP contribution in [0.5, 0.6) is 0 Å². The Hall–Kier alpha value is -3.03. The highest BCUT2D eigenvalue weighted by Gasteiger charge is 2.39. The van der Waals surface area contributed by atoms with Crippen LogP contribution in [0.4, 0.5) is 0 Å². The van der Waals surface area contributed by atoms with E-state index < -0.39 is 29.3 Å². The van der Waals surface area contributed by atoms with Gasteiger partial charge < -0.3 is 24.2 Å². The van der Waals surface area contributed by atoms with Crippen LogP contribution in [0, 0.1) is 0 Å². The highest BCUT2D eigenvalue weighted by molar-refractivity contribution is 6.15. The van der Waals surface area contributed by atoms with E-state index in [1.165, 1.54) is 19.9 Å². The van der Waals surface area contributed by atoms with Gasteiger partial charge in [0.15, 0.2) is 0 Å². The molecular weight excluding hydrogens is 378 g/mol. The van der Waals surface area contributed by atoms with E-state index in [9.17, 15) is 19.5 Å². The lowest BCUT2D eigenvalue weighted by atomic mass is 10.1. The minimum absolute atomic E-state index is 0.167. The number of cyclic esters (lactones) is 2. The minimum Gasteiger partial charge on any atom is -0.508 e. The molecular formula is C21H29NO7. The zero-order valence-corrected chi connectivity index (χ0v) is 17.8. The fraction of sp³-hybridized carbons (Fsp3) is 0.476. The van der Waals surface area contributed by atoms with Gasteiger partial charge in [-0.1, -0.05) is 6.58 Å². The molecule has 8 nitrogen and oxygen atoms in total. The third-order valence-electron chi connectivity index (χ3n) is 3.72. The molecule has 0 atom stereocenters. The maximum absolute atomic E-state index is 11.9. The second kappa shape index (κ2) is 9.45. The topological polar surface area (TPSA) is 102 Å². The lowest BCUT2D eigenvalue weighted by Gasteiger charge is -2.34. The summed E-state index contributed by atoms with van der Waals surface area (Å²) in [6.45, 7) is 14.5. The van der Waals surface area contributed by atoms with Crippen LogP contribution < -0.4 is 0 Å². The summed E-state index contributed by atoms with van der Waals surface area (Å²) in [5, 5.41) is 10.0. The summed E-state index contributed by atoms with van der Waals surface area (Å²) in [7, 11) is 0. The molecule has 1 aliphatic heterocycles. The summed E-state index contributed by atoms with van der Waals surface area (Å²) in [6.07, 6.45) is 5.54. The Bertz CT molecular complexity index is 744. The molecule has 0 aromatic heterocycles. The Balaban J connectivity index is 2.82. The third kappa shape index (κ3) is 7.85. The second-order valence-electron chi connectivity index (χ2n) is 7.95. The second-order valence-corrected chi connectivity index (χ2v) is 7.95. The van der Waals surface area contributed by atoms with Gasteiger partial charge in [0.05, 0.1) is 6.54 Å². The van der Waals surface area contributed by atoms with Crippen molar-refractivity contribution in [3.63, 3.8) is 0 Å². The minimum atomic E-state index is -1.34. The SMILES string of the molecule is C=C(C)C(=O)OCCN(/C=C/C=C(\O)C=C1C(=O)OC(C)(C)OC1=O)C(C)(C)C. The molecule has 0 aromatic rings. The molecule has 1 N–H and O–H groups in total. The van der Waals surface area contributed by atoms with E-state index >= 15 is 0 Å². The fourth-order valence-corrected chi connectivity index (χ4v) is 2.21. The van der Waals surface area contributed by atoms with Crippen molar-refractivity contribution in [2.24, 2.45) is 0 Å². The number of hydrogen-bond acceptors (Lipinski definition) is 8. The van der Waals surface area contributed by atoms with Crippen molar-refractivity contribution in [2.75, 3.05) is 13.2 Å². The van der Waals surface area contributed by atoms with Crippen molar-refractivity contribution < 1.29 is 33.7 Å². The number of allylic oxidation sites excluding steroid dienone is 3. The molecule has 0 spiro atoms. The molecule has 1 aliphatic rings. The van der Waals surface area contributed by atoms with E-state index in [1.807, 2.05) is 25.7 Å². The van der Waals surface area contributed by atoms with Crippen LogP contribution in [-0.2, 0) is 28.6 Å². The summed E-state index contributed by atoms with van der Waals surface area (Å²) < 4.78 is 15.0. The average Bonchev–Trinajstić information content (AvgIpc) is 2.54. The summed E-state index contributed by atoms with van der Waals surface area (Å²) in [5.41, 5.74) is -0.353. The van der Waals surface area contributed by atoms with Gasteiger partial charge in [-0.3, -0.25) is 0 Å². The van der Waals surface area contributed by atoms with Crippen molar-refractivity contribution in [1.29, 1.82) is 0 Å². The number of carbonyl (C=O) groups is 3. The predicted octanol–water partition coefficient (Wildman–Crippen LogP) is 2.92. The van der Waals surface area contributed by atoms with Crippen molar-refractivity contribution in [3.05, 3.63) is 47.9 Å². The highest BCUT2D eigenvalue weighted by atomic mass is 16.7. The maximum Gasteiger partial charge on any atom is 0.348 e. The number of aliphatic hydroxyl groups excluding tert-OH is 1. The zero-order valence-electron chi connectivity index (χ0n) is 17.8. The van der Waals surface area contributed by atoms with E-state index in [4.69, 9.17) is 14.2 Å². The van der Waals surface area contributed by atoms with Gasteiger partial charge in [0.1, 0.15) is 17.9 Å². The van der Waals surface area contributed by atoms with Crippen LogP contribution >= 0.6 is 0 Å². The van der Waals surface area contributed by atoms with Gasteiger partial charge in [-0.05, 0) is 46.0 Å². The Morgan fingerprint density at radius 3 is 2.28 bits per heavy atom. The van der Waals surface area contributed by atoms with E-state index in [0.717, 1.165) is 6.08 Å². The summed E-state index contributed by atoms with van der Waals surface area (Å²) in [5.74, 6) is -3.86. The molecule has 29 heavy (non-hydrogen) atoms. The van der Waals surface area contributed by atoms with E-state index in [1.54, 1.807) is 19.2 Å². The first-order valence-corrected chi connectivity index (χ1v) is 9.08. The molecule has 0 unspecified atom stereocenters. The van der Waals surface area contributed by atoms with Gasteiger partial charge in [0.25, 0.3) is 5.79 Å². The van der Waals surface area contributed by atoms with Crippen LogP contribution in [0.1, 0.15) is 41.5 Å². The number of carbonyl (C=O) groups excluding carboxylic acids is 3. The summed E-state index contributed by atoms with van der Waals surface area (Å²) >= 11 is 0. The number of nitrogens with zero attached hydrogens (tertiary/aromatic N) is 1. The van der Waals surface area contributed by atoms with Gasteiger partial charge in [-0.2, -0.15) is 0 Å². The van der Waals surface area contributed by atoms with Gasteiger partial charge in [-0.25, -0.2) is 14.4 Å². The van der Waals surface area contributed by atoms with Crippen LogP contribution in [0.15, 0.2) is 47.9 Å². The lowest BCUT2D eigenvalue weighted by molar-refractivity contribution is -0.222. The number of hydrogen-bond donors (Lipinski definition) is 1. The predicted molar refractivity (Wildman–Crippen MR) is 106 cm³/mol. The van der Waals surface area contributed by atoms with Gasteiger partial charge >= 0.3 is 17.9 Å². The normalized spacial score (nSPS) is 16.9. The standard InChI is InChI=1S/C21H29NO7/c1-14(2)17(24)27-12-11-22(20(3,4)5)10-8-9-15(23)13-16-18(25)28-21(6,7)29-19(16)26/h8-10,13,23H,1,11-12H2,2-7H3/b10-8+,15-9-. The monoisotopic (exact) mass is 407 g/mol. The molecule has 1 saturated heterocycles. The molecule has 1 rings (SSSR count). The van der Waals surface area contributed by atoms with Gasteiger partial charge in [0, 0.05) is 31.0 Å². The first kappa shape index (κ1) is 24.0. The molecule has 160 valence electrons. The van der Waals surface area contributed by atoms with E-state index in [-0.39, 0.29) is 17.9 Å². The van der Waals surface area contributed by atoms with Crippen LogP contribution in [0.25, 0.3) is 0 Å². The first-order valence-electron chi connectivity index (χ1n) is 9.08. The summed E-state index contributed by atoms with van der Waals surface area (Å²) in [6, 6.07) is 0. The number of esters is 3. The van der Waals surface area contributed by atoms with Crippen molar-refractivity contribution in [3.8, 4) is 0 Å². The smallest absolute Gasteiger partial charge is 0.348 e. The quantitative estimate of drug-likeness (QED) is 0.226. The molecule has 0 saturated carbocycles. The molecule has 0 radical (unpaired) electrons. The van der Waals surface area contributed by atoms with E-state index in [0.29, 0.717) is 12.1 Å². The maximum atomic E-state index is 11.9. The third-order valence-corrected chi connectivity index (χ3v) is 3.72. The van der Waals surface area contributed by atoms with Crippen molar-refractivity contribution >= 4 is 17.9 Å². The van der Waals surface area contributed by atoms with Gasteiger partial charge in [-0.15, -0.1) is 0 Å². The number of ether oxygens (including phenoxy) is 3. The largest absolute Gasteiger partial charge is 0.508 e. The average molecular weight is 407 g/mol. The van der Waals surface area contributed by atoms with E-state index in [2.05, 4.69) is 6.58 Å². The number of aliphatic hydroxyl groups is 1. The lowest BCUT2D eigenvalue weighted by Crippen LogP contribution is -2.41. The van der Waals surface area contributed by atoms with Crippen LogP contribution in [0.3, 0.4) is 0 Å². The molecule has 0 aromatic carbocycles. The number of rotatable bonds is 7. The molecule has 1 fully saturated rings. The fourth-order valence-electron chi connectivity index (χ4n) is 2.21. The van der Waals surface area contributed by atoms with Crippen LogP contribution in [-0.4, -0.2) is 52.4 Å². The molecule has 0 aliphatic carbocycles. The molecule has 8 heteroatoms. The van der Waals surface area contributed by atoms with Gasteiger partial charge in [0.2, 0.25) is 0 Å². The Morgan fingerprint density at radius 1 is 1.24 bits per heavy atom. The summed E-state index contributed by atoms with van der Waals surface area (Å²) in [4.78, 5) is 37.2. The highest BCUT2D eigenvalue weighted by Crippen LogP contribution is 2.23. The van der Waals surface area contributed by atoms with Crippen molar-refractivity contribution in [1.82, 2.24) is 4.90 Å². The molecule has 0 amide bonds. The first-order chi connectivity index (χ1) is 13.2. The molecule has 1 heterocycles. The Morgan fingerprint density at radius 2 is 1.79 bits per heavy atom. The Kier molecular flexibility index (Phi) is 7.82. The Labute approximate surface area is 171 Å². The van der Waals surface area contributed by atoms with Crippen LogP contribution in [0.2, 0.25) is 0 Å².